The lowest BCUT2D eigenvalue weighted by Gasteiger charge is -2.51. The highest BCUT2D eigenvalue weighted by atomic mass is 16.3. The summed E-state index contributed by atoms with van der Waals surface area (Å²) in [4.78, 5) is 0. The van der Waals surface area contributed by atoms with Crippen LogP contribution >= 0.6 is 0 Å². The molecule has 3 nitrogen and oxygen atoms in total. The van der Waals surface area contributed by atoms with Gasteiger partial charge in [0, 0.05) is 6.42 Å². The van der Waals surface area contributed by atoms with E-state index in [1.54, 1.807) is 0 Å². The molecule has 0 bridgehead atoms. The molecule has 0 aromatic carbocycles. The Morgan fingerprint density at radius 1 is 1.06 bits per heavy atom. The summed E-state index contributed by atoms with van der Waals surface area (Å²) >= 11 is 0. The fourth-order valence-electron chi connectivity index (χ4n) is 6.96. The van der Waals surface area contributed by atoms with Gasteiger partial charge in [-0.3, -0.25) is 0 Å². The molecule has 0 aromatic heterocycles. The molecule has 0 saturated heterocycles. The number of hydrogen-bond donors (Lipinski definition) is 3. The predicted octanol–water partition coefficient (Wildman–Crippen LogP) is 5.48. The Labute approximate surface area is 188 Å². The van der Waals surface area contributed by atoms with Gasteiger partial charge in [-0.1, -0.05) is 57.2 Å². The zero-order valence-electron chi connectivity index (χ0n) is 19.7. The molecule has 4 rings (SSSR count). The molecular formula is C28H42O3. The summed E-state index contributed by atoms with van der Waals surface area (Å²) in [6.45, 7) is 11.4. The normalized spacial score (nSPS) is 43.5. The molecule has 0 amide bonds. The van der Waals surface area contributed by atoms with Gasteiger partial charge < -0.3 is 15.3 Å². The van der Waals surface area contributed by atoms with E-state index in [-0.39, 0.29) is 16.9 Å². The summed E-state index contributed by atoms with van der Waals surface area (Å²) < 4.78 is 0. The minimum Gasteiger partial charge on any atom is -0.393 e. The minimum atomic E-state index is -0.630. The molecule has 4 aliphatic carbocycles. The number of rotatable bonds is 5. The fraction of sp³-hybridized carbons (Fsp3) is 0.714. The minimum absolute atomic E-state index is 0.178. The third kappa shape index (κ3) is 4.26. The van der Waals surface area contributed by atoms with Crippen LogP contribution in [0.1, 0.15) is 78.6 Å². The molecule has 0 aliphatic heterocycles. The van der Waals surface area contributed by atoms with Gasteiger partial charge in [-0.2, -0.15) is 0 Å². The topological polar surface area (TPSA) is 60.7 Å². The number of fused-ring (bicyclic) bond motifs is 1. The molecule has 0 radical (unpaired) electrons. The first-order valence-corrected chi connectivity index (χ1v) is 12.5. The maximum Gasteiger partial charge on any atom is 0.0811 e. The van der Waals surface area contributed by atoms with Crippen LogP contribution in [0, 0.1) is 28.6 Å². The van der Waals surface area contributed by atoms with Gasteiger partial charge in [0.2, 0.25) is 0 Å². The van der Waals surface area contributed by atoms with Crippen LogP contribution < -0.4 is 0 Å². The van der Waals surface area contributed by atoms with E-state index in [0.29, 0.717) is 30.6 Å². The van der Waals surface area contributed by atoms with Crippen molar-refractivity contribution in [2.45, 2.75) is 96.9 Å². The Morgan fingerprint density at radius 3 is 2.52 bits per heavy atom. The van der Waals surface area contributed by atoms with Crippen LogP contribution in [0.2, 0.25) is 0 Å². The van der Waals surface area contributed by atoms with Gasteiger partial charge in [0.05, 0.1) is 18.3 Å². The highest BCUT2D eigenvalue weighted by Gasteiger charge is 2.57. The Kier molecular flexibility index (Phi) is 6.42. The first kappa shape index (κ1) is 23.0. The van der Waals surface area contributed by atoms with Crippen LogP contribution in [0.3, 0.4) is 0 Å². The van der Waals surface area contributed by atoms with Gasteiger partial charge in [-0.05, 0) is 91.1 Å². The molecule has 4 fully saturated rings. The van der Waals surface area contributed by atoms with Crippen molar-refractivity contribution in [3.8, 4) is 0 Å². The largest absolute Gasteiger partial charge is 0.393 e. The lowest BCUT2D eigenvalue weighted by atomic mass is 9.53. The molecule has 3 N–H and O–H groups in total. The molecule has 4 saturated carbocycles. The molecule has 0 aromatic rings. The van der Waals surface area contributed by atoms with Gasteiger partial charge in [0.25, 0.3) is 0 Å². The monoisotopic (exact) mass is 426 g/mol. The highest BCUT2D eigenvalue weighted by molar-refractivity contribution is 5.39. The van der Waals surface area contributed by atoms with Crippen LogP contribution in [-0.4, -0.2) is 33.6 Å². The summed E-state index contributed by atoms with van der Waals surface area (Å²) in [6.07, 6.45) is 16.8. The van der Waals surface area contributed by atoms with E-state index < -0.39 is 12.2 Å². The Bertz CT molecular complexity index is 788. The van der Waals surface area contributed by atoms with Crippen LogP contribution in [0.15, 0.2) is 47.6 Å². The third-order valence-corrected chi connectivity index (χ3v) is 9.49. The Morgan fingerprint density at radius 2 is 1.81 bits per heavy atom. The quantitative estimate of drug-likeness (QED) is 0.510. The van der Waals surface area contributed by atoms with Crippen molar-refractivity contribution < 1.29 is 15.3 Å². The summed E-state index contributed by atoms with van der Waals surface area (Å²) in [5.41, 5.74) is 3.72. The molecule has 31 heavy (non-hydrogen) atoms. The van der Waals surface area contributed by atoms with Gasteiger partial charge in [0.15, 0.2) is 0 Å². The lowest BCUT2D eigenvalue weighted by molar-refractivity contribution is 0.0455. The van der Waals surface area contributed by atoms with Gasteiger partial charge in [-0.25, -0.2) is 0 Å². The van der Waals surface area contributed by atoms with E-state index in [1.807, 2.05) is 0 Å². The van der Waals surface area contributed by atoms with Crippen molar-refractivity contribution in [1.29, 1.82) is 0 Å². The van der Waals surface area contributed by atoms with Crippen molar-refractivity contribution >= 4 is 0 Å². The summed E-state index contributed by atoms with van der Waals surface area (Å²) in [6, 6.07) is 0. The van der Waals surface area contributed by atoms with Crippen LogP contribution in [-0.2, 0) is 0 Å². The molecule has 4 aliphatic rings. The van der Waals surface area contributed by atoms with Crippen LogP contribution in [0.5, 0.6) is 0 Å². The smallest absolute Gasteiger partial charge is 0.0811 e. The molecular weight excluding hydrogens is 384 g/mol. The molecule has 0 unspecified atom stereocenters. The number of aliphatic hydroxyl groups excluding tert-OH is 3. The highest BCUT2D eigenvalue weighted by Crippen LogP contribution is 2.66. The zero-order valence-corrected chi connectivity index (χ0v) is 19.7. The predicted molar refractivity (Wildman–Crippen MR) is 126 cm³/mol. The van der Waals surface area contributed by atoms with E-state index in [0.717, 1.165) is 17.6 Å². The fourth-order valence-corrected chi connectivity index (χ4v) is 6.96. The molecule has 0 spiro atoms. The van der Waals surface area contributed by atoms with E-state index >= 15 is 0 Å². The van der Waals surface area contributed by atoms with Crippen molar-refractivity contribution in [3.05, 3.63) is 47.6 Å². The molecule has 172 valence electrons. The van der Waals surface area contributed by atoms with E-state index in [9.17, 15) is 15.3 Å². The van der Waals surface area contributed by atoms with Crippen molar-refractivity contribution in [3.63, 3.8) is 0 Å². The zero-order chi connectivity index (χ0) is 22.4. The summed E-state index contributed by atoms with van der Waals surface area (Å²) in [7, 11) is 0. The van der Waals surface area contributed by atoms with Gasteiger partial charge in [0.1, 0.15) is 0 Å². The maximum atomic E-state index is 10.3. The molecule has 0 heterocycles. The number of hydrogen-bond acceptors (Lipinski definition) is 3. The second-order valence-corrected chi connectivity index (χ2v) is 11.3. The Hall–Kier alpha value is -1.16. The first-order chi connectivity index (χ1) is 14.7. The average Bonchev–Trinajstić information content (AvgIpc) is 3.52. The van der Waals surface area contributed by atoms with Gasteiger partial charge >= 0.3 is 0 Å². The molecule has 3 heteroatoms. The van der Waals surface area contributed by atoms with Crippen molar-refractivity contribution in [2.75, 3.05) is 0 Å². The van der Waals surface area contributed by atoms with E-state index in [2.05, 4.69) is 51.7 Å². The van der Waals surface area contributed by atoms with Crippen molar-refractivity contribution in [2.24, 2.45) is 28.6 Å². The third-order valence-electron chi connectivity index (χ3n) is 9.49. The average molecular weight is 427 g/mol. The first-order valence-electron chi connectivity index (χ1n) is 12.5. The van der Waals surface area contributed by atoms with Gasteiger partial charge in [-0.15, -0.1) is 0 Å². The Balaban J connectivity index is 1.54. The van der Waals surface area contributed by atoms with E-state index in [1.165, 1.54) is 44.1 Å². The maximum absolute atomic E-state index is 10.3. The van der Waals surface area contributed by atoms with E-state index in [4.69, 9.17) is 0 Å². The molecule has 7 atom stereocenters. The second-order valence-electron chi connectivity index (χ2n) is 11.3. The van der Waals surface area contributed by atoms with Crippen molar-refractivity contribution in [1.82, 2.24) is 0 Å². The number of allylic oxidation sites excluding steroid dienone is 4. The summed E-state index contributed by atoms with van der Waals surface area (Å²) in [5, 5.41) is 30.5. The summed E-state index contributed by atoms with van der Waals surface area (Å²) in [5.74, 6) is 1.60. The lowest BCUT2D eigenvalue weighted by Crippen LogP contribution is -2.42. The number of aliphatic hydroxyl groups is 3. The van der Waals surface area contributed by atoms with Crippen LogP contribution in [0.4, 0.5) is 0 Å². The second kappa shape index (κ2) is 8.65. The standard InChI is InChI=1S/C28H42O3/c1-18(7-12-25(30)20-8-9-20)24-13-15-27(3)22(6-5-14-28(24,27)4)11-10-21-16-23(29)17-26(31)19(21)2/h7,10-12,18,20,23-26,29-31H,2,5-6,8-9,13-17H2,1,3-4H3/t18-,23-,24-,25-,26+,27+,28-/m1/s1. The van der Waals surface area contributed by atoms with Crippen LogP contribution in [0.25, 0.3) is 0 Å². The SMILES string of the molecule is C=C1C(=CC=C2CCC[C@]3(C)[C@@H]([C@H](C)C=C[C@@H](O)C4CC4)CC[C@@]23C)C[C@@H](O)C[C@@H]1O.